The van der Waals surface area contributed by atoms with Crippen molar-refractivity contribution in [2.24, 2.45) is 0 Å². The van der Waals surface area contributed by atoms with E-state index in [-0.39, 0.29) is 12.3 Å². The number of thiophene rings is 1. The number of aryl methyl sites for hydroxylation is 1. The summed E-state index contributed by atoms with van der Waals surface area (Å²) in [6.45, 7) is 0.425. The quantitative estimate of drug-likeness (QED) is 0.746. The molecule has 3 rings (SSSR count). The van der Waals surface area contributed by atoms with E-state index in [1.54, 1.807) is 12.1 Å². The van der Waals surface area contributed by atoms with Crippen molar-refractivity contribution in [1.82, 2.24) is 15.5 Å². The van der Waals surface area contributed by atoms with Crippen LogP contribution in [-0.2, 0) is 17.8 Å². The number of nitriles is 1. The number of benzene rings is 1. The monoisotopic (exact) mass is 338 g/mol. The fourth-order valence-corrected chi connectivity index (χ4v) is 2.72. The minimum absolute atomic E-state index is 0.0877. The first-order valence-corrected chi connectivity index (χ1v) is 8.25. The van der Waals surface area contributed by atoms with Gasteiger partial charge in [-0.1, -0.05) is 23.4 Å². The molecule has 3 aromatic rings. The van der Waals surface area contributed by atoms with E-state index in [1.807, 2.05) is 29.6 Å². The zero-order valence-electron chi connectivity index (χ0n) is 12.7. The van der Waals surface area contributed by atoms with Crippen molar-refractivity contribution in [3.05, 3.63) is 58.8 Å². The molecule has 0 spiro atoms. The highest BCUT2D eigenvalue weighted by atomic mass is 32.1. The van der Waals surface area contributed by atoms with E-state index in [0.717, 1.165) is 10.4 Å². The van der Waals surface area contributed by atoms with Gasteiger partial charge >= 0.3 is 0 Å². The van der Waals surface area contributed by atoms with Crippen LogP contribution in [-0.4, -0.2) is 16.0 Å². The lowest BCUT2D eigenvalue weighted by molar-refractivity contribution is -0.121. The molecule has 7 heteroatoms. The highest BCUT2D eigenvalue weighted by Gasteiger charge is 2.11. The topological polar surface area (TPSA) is 91.8 Å². The fraction of sp³-hybridized carbons (Fsp3) is 0.176. The highest BCUT2D eigenvalue weighted by Crippen LogP contribution is 2.21. The third-order valence-corrected chi connectivity index (χ3v) is 4.21. The van der Waals surface area contributed by atoms with E-state index >= 15 is 0 Å². The van der Waals surface area contributed by atoms with Crippen LogP contribution in [0.25, 0.3) is 10.7 Å². The van der Waals surface area contributed by atoms with E-state index in [1.165, 1.54) is 11.3 Å². The van der Waals surface area contributed by atoms with Gasteiger partial charge in [-0.25, -0.2) is 0 Å². The van der Waals surface area contributed by atoms with Gasteiger partial charge < -0.3 is 9.84 Å². The molecule has 1 N–H and O–H groups in total. The van der Waals surface area contributed by atoms with Crippen molar-refractivity contribution >= 4 is 17.2 Å². The van der Waals surface area contributed by atoms with Crippen LogP contribution >= 0.6 is 11.3 Å². The maximum atomic E-state index is 11.9. The maximum absolute atomic E-state index is 11.9. The molecule has 0 aliphatic rings. The number of nitrogens with one attached hydrogen (secondary N) is 1. The van der Waals surface area contributed by atoms with Crippen LogP contribution < -0.4 is 5.32 Å². The Bertz CT molecular complexity index is 848. The maximum Gasteiger partial charge on any atom is 0.227 e. The average Bonchev–Trinajstić information content (AvgIpc) is 3.29. The van der Waals surface area contributed by atoms with Crippen LogP contribution in [0.1, 0.15) is 23.4 Å². The van der Waals surface area contributed by atoms with Gasteiger partial charge in [0.15, 0.2) is 0 Å². The first kappa shape index (κ1) is 15.9. The molecule has 1 aromatic carbocycles. The molecule has 120 valence electrons. The molecular formula is C17H14N4O2S. The summed E-state index contributed by atoms with van der Waals surface area (Å²) in [7, 11) is 0. The number of aromatic nitrogens is 2. The molecule has 0 radical (unpaired) electrons. The van der Waals surface area contributed by atoms with Gasteiger partial charge in [-0.15, -0.1) is 11.3 Å². The summed E-state index contributed by atoms with van der Waals surface area (Å²) < 4.78 is 5.16. The van der Waals surface area contributed by atoms with E-state index in [4.69, 9.17) is 9.78 Å². The van der Waals surface area contributed by atoms with Crippen molar-refractivity contribution in [1.29, 1.82) is 5.26 Å². The Balaban J connectivity index is 1.46. The summed E-state index contributed by atoms with van der Waals surface area (Å²) in [5.41, 5.74) is 1.54. The first-order valence-electron chi connectivity index (χ1n) is 7.37. The molecule has 0 saturated carbocycles. The van der Waals surface area contributed by atoms with Crippen LogP contribution in [0.4, 0.5) is 0 Å². The fourth-order valence-electron chi connectivity index (χ4n) is 2.07. The summed E-state index contributed by atoms with van der Waals surface area (Å²) in [4.78, 5) is 17.1. The largest absolute Gasteiger partial charge is 0.352 e. The summed E-state index contributed by atoms with van der Waals surface area (Å²) >= 11 is 1.54. The highest BCUT2D eigenvalue weighted by molar-refractivity contribution is 7.13. The van der Waals surface area contributed by atoms with Crippen molar-refractivity contribution < 1.29 is 9.32 Å². The third-order valence-electron chi connectivity index (χ3n) is 3.35. The lowest BCUT2D eigenvalue weighted by Gasteiger charge is -2.04. The zero-order valence-corrected chi connectivity index (χ0v) is 13.5. The molecule has 0 atom stereocenters. The van der Waals surface area contributed by atoms with Crippen molar-refractivity contribution in [2.45, 2.75) is 19.4 Å². The van der Waals surface area contributed by atoms with E-state index in [9.17, 15) is 4.79 Å². The number of hydrogen-bond donors (Lipinski definition) is 1. The first-order chi connectivity index (χ1) is 11.7. The van der Waals surface area contributed by atoms with Crippen LogP contribution in [0.5, 0.6) is 0 Å². The van der Waals surface area contributed by atoms with Gasteiger partial charge in [0.25, 0.3) is 0 Å². The molecule has 2 heterocycles. The molecule has 0 fully saturated rings. The Morgan fingerprint density at radius 1 is 1.29 bits per heavy atom. The number of rotatable bonds is 6. The SMILES string of the molecule is N#Cc1ccc(CNC(=O)CCc2nc(-c3cccs3)no2)cc1. The van der Waals surface area contributed by atoms with Crippen LogP contribution in [0.2, 0.25) is 0 Å². The Morgan fingerprint density at radius 3 is 2.83 bits per heavy atom. The molecule has 1 amide bonds. The minimum Gasteiger partial charge on any atom is -0.352 e. The summed E-state index contributed by atoms with van der Waals surface area (Å²) in [6.07, 6.45) is 0.680. The van der Waals surface area contributed by atoms with Gasteiger partial charge in [0.1, 0.15) is 0 Å². The summed E-state index contributed by atoms with van der Waals surface area (Å²) in [5.74, 6) is 0.917. The van der Waals surface area contributed by atoms with Gasteiger partial charge in [0, 0.05) is 19.4 Å². The Morgan fingerprint density at radius 2 is 2.12 bits per heavy atom. The number of hydrogen-bond acceptors (Lipinski definition) is 6. The Kier molecular flexibility index (Phi) is 4.99. The van der Waals surface area contributed by atoms with Gasteiger partial charge in [-0.05, 0) is 29.1 Å². The Hall–Kier alpha value is -2.98. The van der Waals surface area contributed by atoms with Crippen molar-refractivity contribution in [3.63, 3.8) is 0 Å². The average molecular weight is 338 g/mol. The second kappa shape index (κ2) is 7.53. The lowest BCUT2D eigenvalue weighted by Crippen LogP contribution is -2.23. The second-order valence-electron chi connectivity index (χ2n) is 5.07. The van der Waals surface area contributed by atoms with E-state index in [0.29, 0.717) is 30.2 Å². The Labute approximate surface area is 142 Å². The number of amides is 1. The molecular weight excluding hydrogens is 324 g/mol. The summed E-state index contributed by atoms with van der Waals surface area (Å²) in [5, 5.41) is 17.4. The van der Waals surface area contributed by atoms with Crippen molar-refractivity contribution in [2.75, 3.05) is 0 Å². The predicted octanol–water partition coefficient (Wildman–Crippen LogP) is 2.92. The number of nitrogens with zero attached hydrogens (tertiary/aromatic N) is 3. The molecule has 0 unspecified atom stereocenters. The molecule has 6 nitrogen and oxygen atoms in total. The van der Waals surface area contributed by atoms with Crippen molar-refractivity contribution in [3.8, 4) is 16.8 Å². The van der Waals surface area contributed by atoms with Gasteiger partial charge in [-0.2, -0.15) is 10.2 Å². The third kappa shape index (κ3) is 4.06. The molecule has 0 aliphatic heterocycles. The summed E-state index contributed by atoms with van der Waals surface area (Å²) in [6, 6.07) is 13.0. The van der Waals surface area contributed by atoms with E-state index in [2.05, 4.69) is 21.5 Å². The predicted molar refractivity (Wildman–Crippen MR) is 88.9 cm³/mol. The molecule has 0 saturated heterocycles. The van der Waals surface area contributed by atoms with Crippen LogP contribution in [0.3, 0.4) is 0 Å². The van der Waals surface area contributed by atoms with Crippen LogP contribution in [0.15, 0.2) is 46.3 Å². The molecule has 0 bridgehead atoms. The van der Waals surface area contributed by atoms with Gasteiger partial charge in [0.2, 0.25) is 17.6 Å². The number of carbonyl (C=O) groups excluding carboxylic acids is 1. The second-order valence-corrected chi connectivity index (χ2v) is 6.02. The molecule has 24 heavy (non-hydrogen) atoms. The van der Waals surface area contributed by atoms with Crippen LogP contribution in [0, 0.1) is 11.3 Å². The normalized spacial score (nSPS) is 10.3. The van der Waals surface area contributed by atoms with Gasteiger partial charge in [0.05, 0.1) is 16.5 Å². The zero-order chi connectivity index (χ0) is 16.8. The molecule has 2 aromatic heterocycles. The molecule has 0 aliphatic carbocycles. The lowest BCUT2D eigenvalue weighted by atomic mass is 10.1. The van der Waals surface area contributed by atoms with Gasteiger partial charge in [-0.3, -0.25) is 4.79 Å². The van der Waals surface area contributed by atoms with E-state index < -0.39 is 0 Å². The minimum atomic E-state index is -0.0877. The smallest absolute Gasteiger partial charge is 0.227 e. The number of carbonyl (C=O) groups is 1. The standard InChI is InChI=1S/C17H14N4O2S/c18-10-12-3-5-13(6-4-12)11-19-15(22)7-8-16-20-17(21-23-16)14-2-1-9-24-14/h1-6,9H,7-8,11H2,(H,19,22).